The van der Waals surface area contributed by atoms with Gasteiger partial charge in [-0.15, -0.1) is 0 Å². The van der Waals surface area contributed by atoms with E-state index in [0.29, 0.717) is 12.5 Å². The number of ether oxygens (including phenoxy) is 2. The lowest BCUT2D eigenvalue weighted by Crippen LogP contribution is -2.07. The topological polar surface area (TPSA) is 38.7 Å². The van der Waals surface area contributed by atoms with E-state index in [1.807, 2.05) is 31.2 Å². The number of aliphatic hydroxyl groups excluding tert-OH is 1. The lowest BCUT2D eigenvalue weighted by atomic mass is 9.96. The minimum atomic E-state index is -0.415. The molecule has 3 heteroatoms. The van der Waals surface area contributed by atoms with Crippen molar-refractivity contribution in [3.63, 3.8) is 0 Å². The summed E-state index contributed by atoms with van der Waals surface area (Å²) < 4.78 is 10.8. The SMILES string of the molecule is CCOc1cccc(C(O)CC2CCOC2)c1. The van der Waals surface area contributed by atoms with Gasteiger partial charge in [-0.25, -0.2) is 0 Å². The molecule has 0 amide bonds. The fourth-order valence-corrected chi connectivity index (χ4v) is 2.20. The van der Waals surface area contributed by atoms with Crippen molar-refractivity contribution in [2.75, 3.05) is 19.8 Å². The second-order valence-corrected chi connectivity index (χ2v) is 4.49. The van der Waals surface area contributed by atoms with Gasteiger partial charge in [0.1, 0.15) is 5.75 Å². The van der Waals surface area contributed by atoms with Crippen LogP contribution in [0, 0.1) is 5.92 Å². The molecule has 0 bridgehead atoms. The molecule has 17 heavy (non-hydrogen) atoms. The van der Waals surface area contributed by atoms with Crippen LogP contribution in [-0.4, -0.2) is 24.9 Å². The Bertz CT molecular complexity index is 345. The second-order valence-electron chi connectivity index (χ2n) is 4.49. The van der Waals surface area contributed by atoms with Crippen LogP contribution in [0.2, 0.25) is 0 Å². The molecule has 1 aliphatic heterocycles. The Balaban J connectivity index is 1.97. The van der Waals surface area contributed by atoms with E-state index < -0.39 is 6.10 Å². The summed E-state index contributed by atoms with van der Waals surface area (Å²) in [6, 6.07) is 7.71. The van der Waals surface area contributed by atoms with Crippen molar-refractivity contribution in [1.29, 1.82) is 0 Å². The molecule has 1 saturated heterocycles. The predicted molar refractivity (Wildman–Crippen MR) is 66.1 cm³/mol. The summed E-state index contributed by atoms with van der Waals surface area (Å²) in [6.45, 7) is 4.22. The highest BCUT2D eigenvalue weighted by Crippen LogP contribution is 2.28. The monoisotopic (exact) mass is 236 g/mol. The largest absolute Gasteiger partial charge is 0.494 e. The Morgan fingerprint density at radius 2 is 2.41 bits per heavy atom. The van der Waals surface area contributed by atoms with Crippen LogP contribution in [0.5, 0.6) is 5.75 Å². The standard InChI is InChI=1S/C14H20O3/c1-2-17-13-5-3-4-12(9-13)14(15)8-11-6-7-16-10-11/h3-5,9,11,14-15H,2,6-8,10H2,1H3. The Labute approximate surface area is 102 Å². The molecule has 0 saturated carbocycles. The van der Waals surface area contributed by atoms with Gasteiger partial charge in [0.05, 0.1) is 12.7 Å². The van der Waals surface area contributed by atoms with Crippen LogP contribution in [0.4, 0.5) is 0 Å². The average Bonchev–Trinajstić information content (AvgIpc) is 2.83. The van der Waals surface area contributed by atoms with Crippen LogP contribution in [0.15, 0.2) is 24.3 Å². The zero-order valence-electron chi connectivity index (χ0n) is 10.3. The van der Waals surface area contributed by atoms with Gasteiger partial charge in [0.15, 0.2) is 0 Å². The molecule has 3 nitrogen and oxygen atoms in total. The van der Waals surface area contributed by atoms with E-state index in [1.165, 1.54) is 0 Å². The van der Waals surface area contributed by atoms with Crippen molar-refractivity contribution in [2.45, 2.75) is 25.9 Å². The van der Waals surface area contributed by atoms with E-state index in [4.69, 9.17) is 9.47 Å². The molecule has 0 aliphatic carbocycles. The van der Waals surface area contributed by atoms with Crippen molar-refractivity contribution in [3.05, 3.63) is 29.8 Å². The number of benzene rings is 1. The predicted octanol–water partition coefficient (Wildman–Crippen LogP) is 2.55. The third kappa shape index (κ3) is 3.45. The van der Waals surface area contributed by atoms with Gasteiger partial charge in [-0.3, -0.25) is 0 Å². The number of hydrogen-bond donors (Lipinski definition) is 1. The Morgan fingerprint density at radius 3 is 3.12 bits per heavy atom. The maximum absolute atomic E-state index is 10.2. The lowest BCUT2D eigenvalue weighted by molar-refractivity contribution is 0.129. The molecule has 2 rings (SSSR count). The molecule has 1 aliphatic rings. The van der Waals surface area contributed by atoms with E-state index in [-0.39, 0.29) is 0 Å². The van der Waals surface area contributed by atoms with Crippen molar-refractivity contribution >= 4 is 0 Å². The van der Waals surface area contributed by atoms with Crippen molar-refractivity contribution < 1.29 is 14.6 Å². The van der Waals surface area contributed by atoms with Crippen LogP contribution < -0.4 is 4.74 Å². The molecule has 1 aromatic rings. The summed E-state index contributed by atoms with van der Waals surface area (Å²) in [5.74, 6) is 1.31. The summed E-state index contributed by atoms with van der Waals surface area (Å²) >= 11 is 0. The molecule has 2 atom stereocenters. The fourth-order valence-electron chi connectivity index (χ4n) is 2.20. The van der Waals surface area contributed by atoms with Crippen LogP contribution >= 0.6 is 0 Å². The zero-order valence-corrected chi connectivity index (χ0v) is 10.3. The summed E-state index contributed by atoms with van der Waals surface area (Å²) in [5.41, 5.74) is 0.933. The molecular formula is C14H20O3. The summed E-state index contributed by atoms with van der Waals surface area (Å²) in [4.78, 5) is 0. The van der Waals surface area contributed by atoms with E-state index in [1.54, 1.807) is 0 Å². The highest BCUT2D eigenvalue weighted by Gasteiger charge is 2.20. The van der Waals surface area contributed by atoms with Gasteiger partial charge in [0.2, 0.25) is 0 Å². The van der Waals surface area contributed by atoms with Crippen molar-refractivity contribution in [2.24, 2.45) is 5.92 Å². The third-order valence-corrected chi connectivity index (χ3v) is 3.13. The van der Waals surface area contributed by atoms with Gasteiger partial charge in [-0.1, -0.05) is 12.1 Å². The summed E-state index contributed by atoms with van der Waals surface area (Å²) in [7, 11) is 0. The van der Waals surface area contributed by atoms with Crippen LogP contribution in [0.3, 0.4) is 0 Å². The summed E-state index contributed by atoms with van der Waals surface area (Å²) in [5, 5.41) is 10.2. The van der Waals surface area contributed by atoms with Gasteiger partial charge in [0.25, 0.3) is 0 Å². The summed E-state index contributed by atoms with van der Waals surface area (Å²) in [6.07, 6.45) is 1.42. The number of rotatable bonds is 5. The normalized spacial score (nSPS) is 21.4. The van der Waals surface area contributed by atoms with Crippen molar-refractivity contribution in [1.82, 2.24) is 0 Å². The minimum Gasteiger partial charge on any atom is -0.494 e. The van der Waals surface area contributed by atoms with E-state index >= 15 is 0 Å². The molecule has 1 N–H and O–H groups in total. The first-order valence-corrected chi connectivity index (χ1v) is 6.28. The maximum Gasteiger partial charge on any atom is 0.119 e. The molecule has 0 aromatic heterocycles. The smallest absolute Gasteiger partial charge is 0.119 e. The molecule has 94 valence electrons. The first kappa shape index (κ1) is 12.4. The van der Waals surface area contributed by atoms with E-state index in [2.05, 4.69) is 0 Å². The van der Waals surface area contributed by atoms with Gasteiger partial charge < -0.3 is 14.6 Å². The number of aliphatic hydroxyl groups is 1. The molecule has 1 aromatic carbocycles. The highest BCUT2D eigenvalue weighted by atomic mass is 16.5. The van der Waals surface area contributed by atoms with Gasteiger partial charge in [-0.2, -0.15) is 0 Å². The minimum absolute atomic E-state index is 0.415. The fraction of sp³-hybridized carbons (Fsp3) is 0.571. The Hall–Kier alpha value is -1.06. The Kier molecular flexibility index (Phi) is 4.40. The van der Waals surface area contributed by atoms with E-state index in [9.17, 15) is 5.11 Å². The van der Waals surface area contributed by atoms with E-state index in [0.717, 1.165) is 37.4 Å². The molecule has 2 unspecified atom stereocenters. The van der Waals surface area contributed by atoms with Gasteiger partial charge in [-0.05, 0) is 43.4 Å². The van der Waals surface area contributed by atoms with Crippen molar-refractivity contribution in [3.8, 4) is 5.75 Å². The Morgan fingerprint density at radius 1 is 1.53 bits per heavy atom. The molecular weight excluding hydrogens is 216 g/mol. The van der Waals surface area contributed by atoms with Gasteiger partial charge >= 0.3 is 0 Å². The first-order chi connectivity index (χ1) is 8.29. The van der Waals surface area contributed by atoms with Crippen LogP contribution in [-0.2, 0) is 4.74 Å². The highest BCUT2D eigenvalue weighted by molar-refractivity contribution is 5.29. The number of hydrogen-bond acceptors (Lipinski definition) is 3. The first-order valence-electron chi connectivity index (χ1n) is 6.28. The van der Waals surface area contributed by atoms with Gasteiger partial charge in [0, 0.05) is 13.2 Å². The van der Waals surface area contributed by atoms with Crippen LogP contribution in [0.1, 0.15) is 31.4 Å². The molecule has 1 fully saturated rings. The van der Waals surface area contributed by atoms with Crippen LogP contribution in [0.25, 0.3) is 0 Å². The molecule has 1 heterocycles. The average molecular weight is 236 g/mol. The maximum atomic E-state index is 10.2. The zero-order chi connectivity index (χ0) is 12.1. The third-order valence-electron chi connectivity index (χ3n) is 3.13. The molecule has 0 radical (unpaired) electrons. The lowest BCUT2D eigenvalue weighted by Gasteiger charge is -2.15. The molecule has 0 spiro atoms. The second kappa shape index (κ2) is 6.03. The quantitative estimate of drug-likeness (QED) is 0.854.